The number of nitrogens with zero attached hydrogens (tertiary/aromatic N) is 2. The van der Waals surface area contributed by atoms with E-state index in [9.17, 15) is 0 Å². The van der Waals surface area contributed by atoms with Gasteiger partial charge in [-0.1, -0.05) is 6.42 Å². The molecule has 2 aliphatic carbocycles. The Labute approximate surface area is 117 Å². The molecule has 5 unspecified atom stereocenters. The maximum Gasteiger partial charge on any atom is 0.0377 e. The van der Waals surface area contributed by atoms with Crippen LogP contribution in [0.25, 0.3) is 0 Å². The van der Waals surface area contributed by atoms with E-state index in [-0.39, 0.29) is 0 Å². The average molecular weight is 263 g/mol. The molecule has 108 valence electrons. The summed E-state index contributed by atoms with van der Waals surface area (Å²) in [4.78, 5) is 5.43. The van der Waals surface area contributed by atoms with E-state index in [0.717, 1.165) is 29.8 Å². The number of rotatable bonds is 4. The van der Waals surface area contributed by atoms with Crippen molar-refractivity contribution in [3.8, 4) is 0 Å². The van der Waals surface area contributed by atoms with Crippen LogP contribution >= 0.6 is 0 Å². The third kappa shape index (κ3) is 2.24. The Kier molecular flexibility index (Phi) is 3.33. The third-order valence-electron chi connectivity index (χ3n) is 6.60. The zero-order chi connectivity index (χ0) is 12.8. The lowest BCUT2D eigenvalue weighted by atomic mass is 9.82. The smallest absolute Gasteiger partial charge is 0.0377 e. The molecule has 4 bridgehead atoms. The average Bonchev–Trinajstić information content (AvgIpc) is 3.08. The van der Waals surface area contributed by atoms with Gasteiger partial charge in [-0.05, 0) is 50.5 Å². The number of likely N-dealkylation sites (N-methyl/N-ethyl adjacent to an activating group) is 1. The molecule has 19 heavy (non-hydrogen) atoms. The van der Waals surface area contributed by atoms with Crippen molar-refractivity contribution in [2.45, 2.75) is 44.2 Å². The van der Waals surface area contributed by atoms with Crippen molar-refractivity contribution in [2.75, 3.05) is 39.8 Å². The van der Waals surface area contributed by atoms with Crippen molar-refractivity contribution < 1.29 is 0 Å². The Morgan fingerprint density at radius 2 is 1.95 bits per heavy atom. The summed E-state index contributed by atoms with van der Waals surface area (Å²) in [5.41, 5.74) is 0. The van der Waals surface area contributed by atoms with Crippen molar-refractivity contribution in [3.05, 3.63) is 0 Å². The van der Waals surface area contributed by atoms with Gasteiger partial charge in [0, 0.05) is 44.8 Å². The summed E-state index contributed by atoms with van der Waals surface area (Å²) in [5, 5.41) is 3.67. The lowest BCUT2D eigenvalue weighted by Gasteiger charge is -2.50. The second-order valence-electron chi connectivity index (χ2n) is 7.47. The van der Waals surface area contributed by atoms with Gasteiger partial charge in [0.2, 0.25) is 0 Å². The normalized spacial score (nSPS) is 49.7. The van der Waals surface area contributed by atoms with E-state index in [4.69, 9.17) is 0 Å². The van der Waals surface area contributed by atoms with Crippen LogP contribution in [-0.2, 0) is 0 Å². The van der Waals surface area contributed by atoms with Gasteiger partial charge in [-0.15, -0.1) is 0 Å². The van der Waals surface area contributed by atoms with Gasteiger partial charge in [-0.3, -0.25) is 9.80 Å². The summed E-state index contributed by atoms with van der Waals surface area (Å²) >= 11 is 0. The second kappa shape index (κ2) is 5.01. The van der Waals surface area contributed by atoms with Gasteiger partial charge in [-0.25, -0.2) is 0 Å². The predicted molar refractivity (Wildman–Crippen MR) is 78.2 cm³/mol. The maximum absolute atomic E-state index is 3.67. The topological polar surface area (TPSA) is 18.5 Å². The first-order valence-electron chi connectivity index (χ1n) is 8.47. The van der Waals surface area contributed by atoms with Crippen molar-refractivity contribution in [1.82, 2.24) is 15.1 Å². The van der Waals surface area contributed by atoms with Crippen LogP contribution in [0.5, 0.6) is 0 Å². The van der Waals surface area contributed by atoms with Gasteiger partial charge in [0.1, 0.15) is 0 Å². The van der Waals surface area contributed by atoms with Gasteiger partial charge < -0.3 is 5.32 Å². The Bertz CT molecular complexity index is 324. The number of nitrogens with one attached hydrogen (secondary N) is 1. The molecule has 1 N–H and O–H groups in total. The van der Waals surface area contributed by atoms with Gasteiger partial charge in [-0.2, -0.15) is 0 Å². The molecule has 5 fully saturated rings. The van der Waals surface area contributed by atoms with Crippen LogP contribution in [0.1, 0.15) is 32.1 Å². The molecule has 3 heteroatoms. The van der Waals surface area contributed by atoms with Crippen LogP contribution in [-0.4, -0.2) is 61.7 Å². The van der Waals surface area contributed by atoms with Crippen LogP contribution in [0.3, 0.4) is 0 Å². The molecule has 5 rings (SSSR count). The number of fused-ring (bicyclic) bond motifs is 5. The summed E-state index contributed by atoms with van der Waals surface area (Å²) in [6.45, 7) is 6.54. The second-order valence-corrected chi connectivity index (χ2v) is 7.47. The Morgan fingerprint density at radius 3 is 2.47 bits per heavy atom. The molecule has 0 aromatic rings. The first-order chi connectivity index (χ1) is 9.33. The summed E-state index contributed by atoms with van der Waals surface area (Å²) in [6, 6.07) is 1.51. The minimum Gasteiger partial charge on any atom is -0.315 e. The molecule has 3 saturated heterocycles. The van der Waals surface area contributed by atoms with Crippen molar-refractivity contribution in [3.63, 3.8) is 0 Å². The highest BCUT2D eigenvalue weighted by Crippen LogP contribution is 2.50. The monoisotopic (exact) mass is 263 g/mol. The quantitative estimate of drug-likeness (QED) is 0.827. The van der Waals surface area contributed by atoms with E-state index in [1.165, 1.54) is 52.0 Å². The minimum atomic E-state index is 0.729. The minimum absolute atomic E-state index is 0.729. The molecule has 3 aliphatic heterocycles. The van der Waals surface area contributed by atoms with Crippen molar-refractivity contribution >= 4 is 0 Å². The highest BCUT2D eigenvalue weighted by Gasteiger charge is 2.43. The predicted octanol–water partition coefficient (Wildman–Crippen LogP) is 1.40. The third-order valence-corrected chi connectivity index (χ3v) is 6.60. The van der Waals surface area contributed by atoms with Crippen LogP contribution < -0.4 is 5.32 Å². The van der Waals surface area contributed by atoms with Gasteiger partial charge in [0.25, 0.3) is 0 Å². The van der Waals surface area contributed by atoms with E-state index in [1.54, 1.807) is 12.8 Å². The zero-order valence-electron chi connectivity index (χ0n) is 12.4. The van der Waals surface area contributed by atoms with Crippen LogP contribution in [0.15, 0.2) is 0 Å². The first-order valence-corrected chi connectivity index (χ1v) is 8.47. The molecule has 0 spiro atoms. The fourth-order valence-corrected chi connectivity index (χ4v) is 5.50. The Hall–Kier alpha value is -0.120. The van der Waals surface area contributed by atoms with E-state index >= 15 is 0 Å². The summed E-state index contributed by atoms with van der Waals surface area (Å²) in [5.74, 6) is 3.21. The fraction of sp³-hybridized carbons (Fsp3) is 1.00. The number of piperazine rings is 3. The summed E-state index contributed by atoms with van der Waals surface area (Å²) < 4.78 is 0. The molecule has 0 aromatic carbocycles. The molecule has 3 heterocycles. The Balaban J connectivity index is 1.40. The van der Waals surface area contributed by atoms with Crippen LogP contribution in [0.4, 0.5) is 0 Å². The SMILES string of the molecule is CNC(CC1CC2CCC1C2)C1CN2CCN1CC2. The largest absolute Gasteiger partial charge is 0.315 e. The first kappa shape index (κ1) is 12.6. The molecular weight excluding hydrogens is 234 g/mol. The van der Waals surface area contributed by atoms with Gasteiger partial charge in [0.15, 0.2) is 0 Å². The lowest BCUT2D eigenvalue weighted by molar-refractivity contribution is -0.00704. The number of hydrogen-bond acceptors (Lipinski definition) is 3. The van der Waals surface area contributed by atoms with E-state index in [0.29, 0.717) is 0 Å². The van der Waals surface area contributed by atoms with Crippen molar-refractivity contribution in [1.29, 1.82) is 0 Å². The molecule has 5 atom stereocenters. The zero-order valence-corrected chi connectivity index (χ0v) is 12.4. The summed E-state index contributed by atoms with van der Waals surface area (Å²) in [7, 11) is 2.19. The van der Waals surface area contributed by atoms with Crippen LogP contribution in [0.2, 0.25) is 0 Å². The highest BCUT2D eigenvalue weighted by atomic mass is 15.4. The maximum atomic E-state index is 3.67. The van der Waals surface area contributed by atoms with Gasteiger partial charge >= 0.3 is 0 Å². The molecular formula is C16H29N3. The molecule has 0 amide bonds. The van der Waals surface area contributed by atoms with E-state index in [1.807, 2.05) is 0 Å². The Morgan fingerprint density at radius 1 is 1.11 bits per heavy atom. The van der Waals surface area contributed by atoms with E-state index in [2.05, 4.69) is 22.2 Å². The fourth-order valence-electron chi connectivity index (χ4n) is 5.50. The molecule has 2 saturated carbocycles. The standard InChI is InChI=1S/C16H29N3/c1-17-15(10-14-9-12-2-3-13(14)8-12)16-11-18-4-6-19(16)7-5-18/h12-17H,2-11H2,1H3. The van der Waals surface area contributed by atoms with Crippen molar-refractivity contribution in [2.24, 2.45) is 17.8 Å². The highest BCUT2D eigenvalue weighted by molar-refractivity contribution is 4.98. The molecule has 0 radical (unpaired) electrons. The van der Waals surface area contributed by atoms with E-state index < -0.39 is 0 Å². The lowest BCUT2D eigenvalue weighted by Crippen LogP contribution is -2.66. The van der Waals surface area contributed by atoms with Crippen LogP contribution in [0, 0.1) is 17.8 Å². The summed E-state index contributed by atoms with van der Waals surface area (Å²) in [6.07, 6.45) is 7.61. The molecule has 5 aliphatic rings. The number of hydrogen-bond donors (Lipinski definition) is 1. The molecule has 0 aromatic heterocycles. The molecule has 3 nitrogen and oxygen atoms in total. The van der Waals surface area contributed by atoms with Gasteiger partial charge in [0.05, 0.1) is 0 Å².